The van der Waals surface area contributed by atoms with Crippen molar-refractivity contribution in [2.45, 2.75) is 84.8 Å². The molecule has 0 unspecified atom stereocenters. The molecule has 0 bridgehead atoms. The number of rotatable bonds is 5. The highest BCUT2D eigenvalue weighted by molar-refractivity contribution is 6.63. The molecule has 2 rings (SSSR count). The van der Waals surface area contributed by atoms with Gasteiger partial charge in [0.15, 0.2) is 0 Å². The molecule has 24 heavy (non-hydrogen) atoms. The highest BCUT2D eigenvalue weighted by Crippen LogP contribution is 2.38. The predicted molar refractivity (Wildman–Crippen MR) is 101 cm³/mol. The first-order valence-corrected chi connectivity index (χ1v) is 9.11. The lowest BCUT2D eigenvalue weighted by atomic mass is 9.74. The molecule has 1 heterocycles. The van der Waals surface area contributed by atoms with Crippen LogP contribution in [0, 0.1) is 0 Å². The maximum Gasteiger partial charge on any atom is 0.498 e. The molecule has 3 nitrogen and oxygen atoms in total. The second kappa shape index (κ2) is 6.72. The fraction of sp³-hybridized carbons (Fsp3) is 0.700. The van der Waals surface area contributed by atoms with Gasteiger partial charge in [0, 0.05) is 5.46 Å². The Kier molecular flexibility index (Phi) is 5.41. The van der Waals surface area contributed by atoms with Gasteiger partial charge in [-0.1, -0.05) is 52.3 Å². The fourth-order valence-corrected chi connectivity index (χ4v) is 2.78. The molecule has 0 spiro atoms. The Morgan fingerprint density at radius 3 is 2.12 bits per heavy atom. The molecule has 0 aromatic heterocycles. The summed E-state index contributed by atoms with van der Waals surface area (Å²) in [5.74, 6) is 0.928. The summed E-state index contributed by atoms with van der Waals surface area (Å²) in [7, 11) is -0.395. The third-order valence-corrected chi connectivity index (χ3v) is 5.10. The van der Waals surface area contributed by atoms with Crippen LogP contribution in [-0.4, -0.2) is 24.9 Å². The van der Waals surface area contributed by atoms with Gasteiger partial charge in [0.2, 0.25) is 0 Å². The molecule has 1 aliphatic heterocycles. The molecule has 0 N–H and O–H groups in total. The van der Waals surface area contributed by atoms with Crippen LogP contribution in [0.1, 0.15) is 73.8 Å². The number of para-hydroxylation sites is 1. The summed E-state index contributed by atoms with van der Waals surface area (Å²) in [4.78, 5) is 0. The van der Waals surface area contributed by atoms with Crippen LogP contribution < -0.4 is 10.2 Å². The first-order valence-electron chi connectivity index (χ1n) is 9.11. The Bertz CT molecular complexity index is 557. The molecule has 0 saturated carbocycles. The third-order valence-electron chi connectivity index (χ3n) is 5.10. The van der Waals surface area contributed by atoms with Gasteiger partial charge in [-0.2, -0.15) is 0 Å². The Labute approximate surface area is 148 Å². The zero-order chi connectivity index (χ0) is 18.2. The summed E-state index contributed by atoms with van der Waals surface area (Å²) in [6.07, 6.45) is 2.16. The average molecular weight is 332 g/mol. The first kappa shape index (κ1) is 19.3. The largest absolute Gasteiger partial charge is 0.498 e. The van der Waals surface area contributed by atoms with E-state index >= 15 is 0 Å². The molecular formula is C20H33BO3. The SMILES string of the molecule is CCCCOc1c(B2OC(C)(C)C(C)(C)O2)cccc1C(C)(C)C. The summed E-state index contributed by atoms with van der Waals surface area (Å²) in [5, 5.41) is 0. The Morgan fingerprint density at radius 2 is 1.62 bits per heavy atom. The molecule has 1 aliphatic rings. The van der Waals surface area contributed by atoms with Gasteiger partial charge in [0.1, 0.15) is 5.75 Å². The third kappa shape index (κ3) is 3.80. The van der Waals surface area contributed by atoms with Crippen LogP contribution >= 0.6 is 0 Å². The Hall–Kier alpha value is -0.995. The molecule has 4 heteroatoms. The fourth-order valence-electron chi connectivity index (χ4n) is 2.78. The van der Waals surface area contributed by atoms with Gasteiger partial charge >= 0.3 is 7.12 Å². The van der Waals surface area contributed by atoms with Gasteiger partial charge in [0.25, 0.3) is 0 Å². The van der Waals surface area contributed by atoms with E-state index in [-0.39, 0.29) is 16.6 Å². The van der Waals surface area contributed by atoms with Gasteiger partial charge in [0.05, 0.1) is 17.8 Å². The number of hydrogen-bond acceptors (Lipinski definition) is 3. The topological polar surface area (TPSA) is 27.7 Å². The second-order valence-electron chi connectivity index (χ2n) is 8.76. The van der Waals surface area contributed by atoms with Crippen LogP contribution in [-0.2, 0) is 14.7 Å². The molecule has 0 radical (unpaired) electrons. The summed E-state index contributed by atoms with van der Waals surface area (Å²) in [6, 6.07) is 6.29. The number of unbranched alkanes of at least 4 members (excludes halogenated alkanes) is 1. The van der Waals surface area contributed by atoms with E-state index in [1.807, 2.05) is 0 Å². The lowest BCUT2D eigenvalue weighted by Crippen LogP contribution is -2.41. The molecule has 1 saturated heterocycles. The van der Waals surface area contributed by atoms with Crippen molar-refractivity contribution in [2.24, 2.45) is 0 Å². The van der Waals surface area contributed by atoms with Crippen LogP contribution in [0.5, 0.6) is 5.75 Å². The van der Waals surface area contributed by atoms with Crippen molar-refractivity contribution in [1.29, 1.82) is 0 Å². The molecule has 0 aliphatic carbocycles. The standard InChI is InChI=1S/C20H33BO3/c1-9-10-14-22-17-15(18(2,3)4)12-11-13-16(17)21-23-19(5,6)20(7,8)24-21/h11-13H,9-10,14H2,1-8H3. The van der Waals surface area contributed by atoms with E-state index in [2.05, 4.69) is 73.6 Å². The lowest BCUT2D eigenvalue weighted by molar-refractivity contribution is 0.00578. The minimum absolute atomic E-state index is 0.00119. The van der Waals surface area contributed by atoms with Crippen molar-refractivity contribution in [3.05, 3.63) is 23.8 Å². The van der Waals surface area contributed by atoms with E-state index in [4.69, 9.17) is 14.0 Å². The Balaban J connectivity index is 2.43. The van der Waals surface area contributed by atoms with Crippen molar-refractivity contribution in [1.82, 2.24) is 0 Å². The van der Waals surface area contributed by atoms with E-state index in [0.29, 0.717) is 0 Å². The smallest absolute Gasteiger partial charge is 0.494 e. The summed E-state index contributed by atoms with van der Waals surface area (Å²) in [5.41, 5.74) is 1.50. The van der Waals surface area contributed by atoms with Crippen LogP contribution in [0.25, 0.3) is 0 Å². The van der Waals surface area contributed by atoms with Crippen LogP contribution in [0.4, 0.5) is 0 Å². The van der Waals surface area contributed by atoms with E-state index in [0.717, 1.165) is 30.7 Å². The normalized spacial score (nSPS) is 19.6. The maximum atomic E-state index is 6.26. The van der Waals surface area contributed by atoms with Gasteiger partial charge < -0.3 is 14.0 Å². The van der Waals surface area contributed by atoms with Gasteiger partial charge in [-0.05, 0) is 45.1 Å². The minimum Gasteiger partial charge on any atom is -0.494 e. The first-order chi connectivity index (χ1) is 11.0. The summed E-state index contributed by atoms with van der Waals surface area (Å²) in [6.45, 7) is 17.9. The van der Waals surface area contributed by atoms with Crippen molar-refractivity contribution in [3.63, 3.8) is 0 Å². The molecular weight excluding hydrogens is 299 g/mol. The summed E-state index contributed by atoms with van der Waals surface area (Å²) < 4.78 is 18.7. The quantitative estimate of drug-likeness (QED) is 0.588. The van der Waals surface area contributed by atoms with Crippen molar-refractivity contribution in [3.8, 4) is 5.75 Å². The predicted octanol–water partition coefficient (Wildman–Crippen LogP) is 4.46. The average Bonchev–Trinajstić information content (AvgIpc) is 2.66. The maximum absolute atomic E-state index is 6.26. The molecule has 0 amide bonds. The number of benzene rings is 1. The number of hydrogen-bond donors (Lipinski definition) is 0. The number of ether oxygens (including phenoxy) is 1. The highest BCUT2D eigenvalue weighted by atomic mass is 16.7. The monoisotopic (exact) mass is 332 g/mol. The molecule has 1 fully saturated rings. The van der Waals surface area contributed by atoms with Gasteiger partial charge in [-0.3, -0.25) is 0 Å². The highest BCUT2D eigenvalue weighted by Gasteiger charge is 2.52. The van der Waals surface area contributed by atoms with E-state index < -0.39 is 7.12 Å². The molecule has 0 atom stereocenters. The molecule has 134 valence electrons. The Morgan fingerprint density at radius 1 is 1.04 bits per heavy atom. The summed E-state index contributed by atoms with van der Waals surface area (Å²) >= 11 is 0. The zero-order valence-electron chi connectivity index (χ0n) is 16.7. The zero-order valence-corrected chi connectivity index (χ0v) is 16.7. The minimum atomic E-state index is -0.395. The van der Waals surface area contributed by atoms with Crippen LogP contribution in [0.15, 0.2) is 18.2 Å². The van der Waals surface area contributed by atoms with E-state index in [1.54, 1.807) is 0 Å². The van der Waals surface area contributed by atoms with Gasteiger partial charge in [-0.25, -0.2) is 0 Å². The van der Waals surface area contributed by atoms with Crippen LogP contribution in [0.3, 0.4) is 0 Å². The van der Waals surface area contributed by atoms with Gasteiger partial charge in [-0.15, -0.1) is 0 Å². The lowest BCUT2D eigenvalue weighted by Gasteiger charge is -2.32. The van der Waals surface area contributed by atoms with Crippen LogP contribution in [0.2, 0.25) is 0 Å². The van der Waals surface area contributed by atoms with Crippen molar-refractivity contribution < 1.29 is 14.0 Å². The molecule has 1 aromatic carbocycles. The van der Waals surface area contributed by atoms with E-state index in [9.17, 15) is 0 Å². The van der Waals surface area contributed by atoms with E-state index in [1.165, 1.54) is 5.56 Å². The second-order valence-corrected chi connectivity index (χ2v) is 8.76. The molecule has 1 aromatic rings. The van der Waals surface area contributed by atoms with Crippen molar-refractivity contribution >= 4 is 12.6 Å². The van der Waals surface area contributed by atoms with Crippen molar-refractivity contribution in [2.75, 3.05) is 6.61 Å².